The zero-order valence-electron chi connectivity index (χ0n) is 64.3. The average Bonchev–Trinajstić information content (AvgIpc) is 1.59. The molecule has 0 amide bonds. The lowest BCUT2D eigenvalue weighted by Gasteiger charge is -2.28. The zero-order valence-corrected chi connectivity index (χ0v) is 64.3. The van der Waals surface area contributed by atoms with Gasteiger partial charge in [-0.15, -0.1) is 0 Å². The summed E-state index contributed by atoms with van der Waals surface area (Å²) in [6.45, 7) is 4.70. The second-order valence-electron chi connectivity index (χ2n) is 29.8. The molecule has 1 aliphatic carbocycles. The molecule has 115 heavy (non-hydrogen) atoms. The lowest BCUT2D eigenvalue weighted by Crippen LogP contribution is -2.16. The average molecular weight is 1470 g/mol. The molecule has 18 aromatic rings. The highest BCUT2D eigenvalue weighted by Gasteiger charge is 2.36. The van der Waals surface area contributed by atoms with Gasteiger partial charge in [0.25, 0.3) is 0 Å². The fraction of sp³-hybridized carbons (Fsp3) is 0.0270. The van der Waals surface area contributed by atoms with Gasteiger partial charge in [0.2, 0.25) is 0 Å². The van der Waals surface area contributed by atoms with Crippen molar-refractivity contribution < 1.29 is 0 Å². The maximum atomic E-state index is 3.50. The summed E-state index contributed by atoms with van der Waals surface area (Å²) in [6, 6.07) is 168. The van der Waals surface area contributed by atoms with Crippen LogP contribution in [0.15, 0.2) is 467 Å². The van der Waals surface area contributed by atoms with Crippen LogP contribution < -0.4 is 20.0 Å². The molecule has 1 aliphatic rings. The van der Waals surface area contributed by atoms with Gasteiger partial charge in [-0.2, -0.15) is 0 Å². The van der Waals surface area contributed by atoms with E-state index >= 15 is 0 Å². The minimum atomic E-state index is -0.0909. The van der Waals surface area contributed by atoms with Gasteiger partial charge in [0.1, 0.15) is 0 Å². The summed E-state index contributed by atoms with van der Waals surface area (Å²) in [6.07, 6.45) is 0. The van der Waals surface area contributed by atoms with Crippen LogP contribution in [-0.2, 0) is 5.41 Å². The van der Waals surface area contributed by atoms with E-state index in [0.717, 1.165) is 73.7 Å². The van der Waals surface area contributed by atoms with Gasteiger partial charge in [-0.3, -0.25) is 0 Å². The molecule has 0 bridgehead atoms. The van der Waals surface area contributed by atoms with Crippen LogP contribution in [0, 0.1) is 0 Å². The minimum absolute atomic E-state index is 0.0909. The summed E-state index contributed by atoms with van der Waals surface area (Å²) in [7, 11) is 0. The Labute approximate surface area is 675 Å². The highest BCUT2D eigenvalue weighted by atomic mass is 15.2. The maximum Gasteiger partial charge on any atom is 0.0465 e. The molecule has 4 heteroatoms. The number of hydrogen-bond donors (Lipinski definition) is 1. The molecule has 0 aromatic heterocycles. The number of anilines is 11. The number of hydrogen-bond acceptors (Lipinski definition) is 4. The number of rotatable bonds is 19. The third kappa shape index (κ3) is 15.6. The first-order chi connectivity index (χ1) is 56.7. The topological polar surface area (TPSA) is 21.8 Å². The molecule has 0 heterocycles. The van der Waals surface area contributed by atoms with Crippen molar-refractivity contribution in [2.45, 2.75) is 19.3 Å². The second kappa shape index (κ2) is 32.6. The SMILES string of the molecule is CC1(C)c2ccccc2-c2ccc(N(c3ccccc3)c3ccc(-c4cc(-c5ccccc5)cc(-c5ccc(N(c6ccccc6)c6ccc(-c7ccccc7)cc6)cc5)c4)cc3)cc21.c1ccc(Nc2ccc(-c3cc(-c4ccccc4)cc(-c4ccc(N(c5ccccc5)c5ccc(-c6ccccc6)cc5)cc4)c3)cc2)cc1. The summed E-state index contributed by atoms with van der Waals surface area (Å²) in [5.41, 5.74) is 36.4. The summed E-state index contributed by atoms with van der Waals surface area (Å²) < 4.78 is 0. The van der Waals surface area contributed by atoms with Crippen molar-refractivity contribution in [1.29, 1.82) is 0 Å². The van der Waals surface area contributed by atoms with E-state index in [0.29, 0.717) is 0 Å². The fourth-order valence-electron chi connectivity index (χ4n) is 16.1. The Morgan fingerprint density at radius 1 is 0.157 bits per heavy atom. The Hall–Kier alpha value is -14.8. The van der Waals surface area contributed by atoms with Crippen LogP contribution in [-0.4, -0.2) is 0 Å². The van der Waals surface area contributed by atoms with Gasteiger partial charge in [-0.05, 0) is 281 Å². The normalized spacial score (nSPS) is 11.6. The highest BCUT2D eigenvalue weighted by Crippen LogP contribution is 2.51. The molecule has 0 radical (unpaired) electrons. The van der Waals surface area contributed by atoms with Crippen molar-refractivity contribution >= 4 is 62.6 Å². The van der Waals surface area contributed by atoms with Crippen LogP contribution in [0.2, 0.25) is 0 Å². The Morgan fingerprint density at radius 3 is 0.687 bits per heavy atom. The van der Waals surface area contributed by atoms with Crippen molar-refractivity contribution in [2.75, 3.05) is 20.0 Å². The summed E-state index contributed by atoms with van der Waals surface area (Å²) in [5.74, 6) is 0. The van der Waals surface area contributed by atoms with Crippen LogP contribution in [0.25, 0.3) is 100 Å². The molecule has 0 fully saturated rings. The van der Waals surface area contributed by atoms with Crippen LogP contribution in [0.1, 0.15) is 25.0 Å². The number of fused-ring (bicyclic) bond motifs is 3. The quantitative estimate of drug-likeness (QED) is 0.0871. The molecule has 0 unspecified atom stereocenters. The van der Waals surface area contributed by atoms with Crippen molar-refractivity contribution in [3.05, 3.63) is 478 Å². The Bertz CT molecular complexity index is 6290. The molecule has 548 valence electrons. The van der Waals surface area contributed by atoms with E-state index in [4.69, 9.17) is 0 Å². The standard InChI is InChI=1S/C63H48N2.C48H36N2/c1-63(2)61-26-16-15-25-59(61)60-40-39-58(44-62(60)63)65(54-23-13-6-14-24-54)57-37-31-49(32-38-57)52-42-50(46-19-9-4-10-20-46)41-51(43-52)48-29-35-56(36-30-48)64(53-21-11-5-12-22-53)55-33-27-47(28-34-55)45-17-7-3-8-18-45;1-5-13-36(14-6-1)38-23-29-47(30-24-38)50(46-19-11-4-12-20-46)48-31-25-40(26-32-48)43-34-41(37-15-7-2-8-16-37)33-42(35-43)39-21-27-45(28-22-39)49-44-17-9-3-10-18-44/h3-44H,1-2H3;1-35,49H. The third-order valence-electron chi connectivity index (χ3n) is 22.1. The third-order valence-corrected chi connectivity index (χ3v) is 22.1. The van der Waals surface area contributed by atoms with Crippen LogP contribution in [0.4, 0.5) is 62.6 Å². The number of benzene rings is 18. The Kier molecular flexibility index (Phi) is 20.3. The molecular weight excluding hydrogens is 1390 g/mol. The van der Waals surface area contributed by atoms with E-state index < -0.39 is 0 Å². The van der Waals surface area contributed by atoms with Crippen molar-refractivity contribution in [2.24, 2.45) is 0 Å². The summed E-state index contributed by atoms with van der Waals surface area (Å²) in [5, 5.41) is 3.50. The van der Waals surface area contributed by atoms with Gasteiger partial charge in [0, 0.05) is 68.0 Å². The van der Waals surface area contributed by atoms with Crippen molar-refractivity contribution in [3.63, 3.8) is 0 Å². The number of nitrogens with zero attached hydrogens (tertiary/aromatic N) is 3. The summed E-state index contributed by atoms with van der Waals surface area (Å²) in [4.78, 5) is 7.02. The van der Waals surface area contributed by atoms with E-state index in [-0.39, 0.29) is 5.41 Å². The first-order valence-electron chi connectivity index (χ1n) is 39.5. The number of nitrogens with one attached hydrogen (secondary N) is 1. The summed E-state index contributed by atoms with van der Waals surface area (Å²) >= 11 is 0. The molecule has 18 aromatic carbocycles. The number of para-hydroxylation sites is 4. The first kappa shape index (κ1) is 71.7. The van der Waals surface area contributed by atoms with Crippen LogP contribution >= 0.6 is 0 Å². The van der Waals surface area contributed by atoms with E-state index in [1.807, 2.05) is 18.2 Å². The van der Waals surface area contributed by atoms with Gasteiger partial charge in [0.05, 0.1) is 0 Å². The second-order valence-corrected chi connectivity index (χ2v) is 29.8. The first-order valence-corrected chi connectivity index (χ1v) is 39.5. The fourth-order valence-corrected chi connectivity index (χ4v) is 16.1. The predicted molar refractivity (Wildman–Crippen MR) is 488 cm³/mol. The zero-order chi connectivity index (χ0) is 77.3. The van der Waals surface area contributed by atoms with Crippen LogP contribution in [0.3, 0.4) is 0 Å². The molecule has 0 aliphatic heterocycles. The van der Waals surface area contributed by atoms with Gasteiger partial charge in [-0.25, -0.2) is 0 Å². The monoisotopic (exact) mass is 1470 g/mol. The van der Waals surface area contributed by atoms with E-state index in [1.165, 1.54) is 100 Å². The van der Waals surface area contributed by atoms with Crippen molar-refractivity contribution in [3.8, 4) is 100 Å². The Morgan fingerprint density at radius 2 is 0.365 bits per heavy atom. The Balaban J connectivity index is 0.000000165. The molecule has 4 nitrogen and oxygen atoms in total. The molecule has 0 saturated carbocycles. The van der Waals surface area contributed by atoms with E-state index in [9.17, 15) is 0 Å². The lowest BCUT2D eigenvalue weighted by molar-refractivity contribution is 0.660. The molecular formula is C111H84N4. The van der Waals surface area contributed by atoms with Crippen LogP contribution in [0.5, 0.6) is 0 Å². The highest BCUT2D eigenvalue weighted by molar-refractivity contribution is 5.90. The predicted octanol–water partition coefficient (Wildman–Crippen LogP) is 31.2. The largest absolute Gasteiger partial charge is 0.356 e. The molecule has 0 saturated heterocycles. The van der Waals surface area contributed by atoms with Gasteiger partial charge in [-0.1, -0.05) is 311 Å². The molecule has 0 atom stereocenters. The smallest absolute Gasteiger partial charge is 0.0465 e. The van der Waals surface area contributed by atoms with Gasteiger partial charge < -0.3 is 20.0 Å². The van der Waals surface area contributed by atoms with E-state index in [1.54, 1.807) is 0 Å². The molecule has 19 rings (SSSR count). The molecule has 1 N–H and O–H groups in total. The maximum absolute atomic E-state index is 3.50. The van der Waals surface area contributed by atoms with Crippen molar-refractivity contribution in [1.82, 2.24) is 0 Å². The minimum Gasteiger partial charge on any atom is -0.356 e. The molecule has 0 spiro atoms. The van der Waals surface area contributed by atoms with E-state index in [2.05, 4.69) is 483 Å². The van der Waals surface area contributed by atoms with Gasteiger partial charge >= 0.3 is 0 Å². The van der Waals surface area contributed by atoms with Gasteiger partial charge in [0.15, 0.2) is 0 Å². The lowest BCUT2D eigenvalue weighted by atomic mass is 9.82.